The van der Waals surface area contributed by atoms with Gasteiger partial charge in [0.2, 0.25) is 0 Å². The average molecular weight is 413 g/mol. The van der Waals surface area contributed by atoms with Gasteiger partial charge < -0.3 is 14.1 Å². The standard InChI is InChI=1S/C22H21ClN2O4/c1-28-17-6-7-18-19(13-21(26)29-20(18)12-17)22(27)25-10-8-24(9-11-25)14-15-2-4-16(23)5-3-15/h2-7,12-13H,8-11,14H2,1H3. The lowest BCUT2D eigenvalue weighted by molar-refractivity contribution is 0.0629. The number of nitrogens with zero attached hydrogens (tertiary/aromatic N) is 2. The number of piperazine rings is 1. The molecular formula is C22H21ClN2O4. The molecule has 1 aliphatic heterocycles. The highest BCUT2D eigenvalue weighted by Crippen LogP contribution is 2.24. The van der Waals surface area contributed by atoms with E-state index in [0.29, 0.717) is 35.4 Å². The molecule has 150 valence electrons. The van der Waals surface area contributed by atoms with Crippen molar-refractivity contribution < 1.29 is 13.9 Å². The van der Waals surface area contributed by atoms with Crippen LogP contribution >= 0.6 is 11.6 Å². The molecule has 1 fully saturated rings. The number of fused-ring (bicyclic) bond motifs is 1. The number of ether oxygens (including phenoxy) is 1. The summed E-state index contributed by atoms with van der Waals surface area (Å²) in [5.41, 5.74) is 1.36. The number of rotatable bonds is 4. The predicted octanol–water partition coefficient (Wildman–Crippen LogP) is 3.41. The van der Waals surface area contributed by atoms with Crippen LogP contribution in [0.1, 0.15) is 15.9 Å². The molecule has 0 unspecified atom stereocenters. The second-order valence-electron chi connectivity index (χ2n) is 7.04. The topological polar surface area (TPSA) is 63.0 Å². The molecule has 29 heavy (non-hydrogen) atoms. The van der Waals surface area contributed by atoms with Crippen LogP contribution in [0.5, 0.6) is 5.75 Å². The van der Waals surface area contributed by atoms with E-state index >= 15 is 0 Å². The summed E-state index contributed by atoms with van der Waals surface area (Å²) in [6.07, 6.45) is 0. The van der Waals surface area contributed by atoms with Crippen molar-refractivity contribution >= 4 is 28.5 Å². The molecule has 0 saturated carbocycles. The van der Waals surface area contributed by atoms with E-state index in [0.717, 1.165) is 24.7 Å². The predicted molar refractivity (Wildman–Crippen MR) is 112 cm³/mol. The number of carbonyl (C=O) groups excluding carboxylic acids is 1. The Hall–Kier alpha value is -2.83. The van der Waals surface area contributed by atoms with Gasteiger partial charge in [-0.25, -0.2) is 4.79 Å². The average Bonchev–Trinajstić information content (AvgIpc) is 2.74. The Labute approximate surface area is 173 Å². The molecule has 0 N–H and O–H groups in total. The van der Waals surface area contributed by atoms with E-state index in [-0.39, 0.29) is 5.91 Å². The van der Waals surface area contributed by atoms with Gasteiger partial charge in [-0.15, -0.1) is 0 Å². The van der Waals surface area contributed by atoms with Crippen LogP contribution in [0.25, 0.3) is 11.0 Å². The quantitative estimate of drug-likeness (QED) is 0.614. The fourth-order valence-electron chi connectivity index (χ4n) is 3.57. The maximum Gasteiger partial charge on any atom is 0.337 e. The van der Waals surface area contributed by atoms with E-state index in [9.17, 15) is 9.59 Å². The summed E-state index contributed by atoms with van der Waals surface area (Å²) in [5, 5.41) is 1.33. The van der Waals surface area contributed by atoms with Crippen molar-refractivity contribution in [2.24, 2.45) is 0 Å². The van der Waals surface area contributed by atoms with Crippen LogP contribution in [0, 0.1) is 0 Å². The minimum absolute atomic E-state index is 0.154. The molecule has 1 aliphatic rings. The molecular weight excluding hydrogens is 392 g/mol. The van der Waals surface area contributed by atoms with Crippen molar-refractivity contribution in [2.75, 3.05) is 33.3 Å². The first-order valence-corrected chi connectivity index (χ1v) is 9.79. The molecule has 1 amide bonds. The van der Waals surface area contributed by atoms with Crippen LogP contribution < -0.4 is 10.4 Å². The van der Waals surface area contributed by atoms with Gasteiger partial charge in [0.1, 0.15) is 11.3 Å². The van der Waals surface area contributed by atoms with Gasteiger partial charge in [0.25, 0.3) is 5.91 Å². The van der Waals surface area contributed by atoms with Crippen molar-refractivity contribution in [3.63, 3.8) is 0 Å². The summed E-state index contributed by atoms with van der Waals surface area (Å²) in [4.78, 5) is 29.2. The lowest BCUT2D eigenvalue weighted by Crippen LogP contribution is -2.48. The van der Waals surface area contributed by atoms with E-state index in [4.69, 9.17) is 20.8 Å². The first-order valence-electron chi connectivity index (χ1n) is 9.41. The zero-order chi connectivity index (χ0) is 20.4. The third kappa shape index (κ3) is 4.28. The van der Waals surface area contributed by atoms with Crippen molar-refractivity contribution in [1.29, 1.82) is 0 Å². The Morgan fingerprint density at radius 3 is 2.48 bits per heavy atom. The molecule has 0 bridgehead atoms. The van der Waals surface area contributed by atoms with E-state index in [1.807, 2.05) is 24.3 Å². The van der Waals surface area contributed by atoms with Gasteiger partial charge in [0, 0.05) is 55.3 Å². The molecule has 4 rings (SSSR count). The number of hydrogen-bond acceptors (Lipinski definition) is 5. The number of carbonyl (C=O) groups is 1. The minimum atomic E-state index is -0.546. The molecule has 2 aromatic carbocycles. The minimum Gasteiger partial charge on any atom is -0.497 e. The zero-order valence-corrected chi connectivity index (χ0v) is 16.8. The fourth-order valence-corrected chi connectivity index (χ4v) is 3.70. The Balaban J connectivity index is 1.48. The Kier molecular flexibility index (Phi) is 5.56. The van der Waals surface area contributed by atoms with Crippen LogP contribution in [-0.2, 0) is 6.54 Å². The molecule has 0 radical (unpaired) electrons. The van der Waals surface area contributed by atoms with Gasteiger partial charge in [0.15, 0.2) is 0 Å². The van der Waals surface area contributed by atoms with Gasteiger partial charge in [-0.3, -0.25) is 9.69 Å². The lowest BCUT2D eigenvalue weighted by Gasteiger charge is -2.35. The number of halogens is 1. The van der Waals surface area contributed by atoms with Crippen molar-refractivity contribution in [2.45, 2.75) is 6.54 Å². The molecule has 7 heteroatoms. The Bertz CT molecular complexity index is 1090. The van der Waals surface area contributed by atoms with Crippen molar-refractivity contribution in [3.05, 3.63) is 75.1 Å². The lowest BCUT2D eigenvalue weighted by atomic mass is 10.1. The van der Waals surface area contributed by atoms with Crippen LogP contribution in [0.15, 0.2) is 57.7 Å². The molecule has 0 atom stereocenters. The highest BCUT2D eigenvalue weighted by molar-refractivity contribution is 6.30. The number of hydrogen-bond donors (Lipinski definition) is 0. The van der Waals surface area contributed by atoms with Gasteiger partial charge >= 0.3 is 5.63 Å². The number of methoxy groups -OCH3 is 1. The monoisotopic (exact) mass is 412 g/mol. The SMILES string of the molecule is COc1ccc2c(C(=O)N3CCN(Cc4ccc(Cl)cc4)CC3)cc(=O)oc2c1. The van der Waals surface area contributed by atoms with Crippen LogP contribution in [0.2, 0.25) is 5.02 Å². The van der Waals surface area contributed by atoms with E-state index in [1.54, 1.807) is 23.1 Å². The first-order chi connectivity index (χ1) is 14.0. The second-order valence-corrected chi connectivity index (χ2v) is 7.47. The van der Waals surface area contributed by atoms with Crippen molar-refractivity contribution in [1.82, 2.24) is 9.80 Å². The van der Waals surface area contributed by atoms with E-state index in [1.165, 1.54) is 18.7 Å². The van der Waals surface area contributed by atoms with Gasteiger partial charge in [-0.05, 0) is 29.8 Å². The summed E-state index contributed by atoms with van der Waals surface area (Å²) in [7, 11) is 1.54. The summed E-state index contributed by atoms with van der Waals surface area (Å²) in [6, 6.07) is 14.2. The van der Waals surface area contributed by atoms with Gasteiger partial charge in [-0.1, -0.05) is 23.7 Å². The smallest absolute Gasteiger partial charge is 0.337 e. The maximum absolute atomic E-state index is 13.1. The molecule has 0 aliphatic carbocycles. The Morgan fingerprint density at radius 1 is 1.07 bits per heavy atom. The maximum atomic E-state index is 13.1. The summed E-state index contributed by atoms with van der Waals surface area (Å²) in [6.45, 7) is 3.55. The van der Waals surface area contributed by atoms with Gasteiger partial charge in [0.05, 0.1) is 12.7 Å². The summed E-state index contributed by atoms with van der Waals surface area (Å²) >= 11 is 5.94. The highest BCUT2D eigenvalue weighted by Gasteiger charge is 2.24. The zero-order valence-electron chi connectivity index (χ0n) is 16.1. The number of amides is 1. The number of benzene rings is 2. The van der Waals surface area contributed by atoms with E-state index in [2.05, 4.69) is 4.90 Å². The molecule has 6 nitrogen and oxygen atoms in total. The third-order valence-corrected chi connectivity index (χ3v) is 5.41. The third-order valence-electron chi connectivity index (χ3n) is 5.16. The normalized spacial score (nSPS) is 14.9. The van der Waals surface area contributed by atoms with E-state index < -0.39 is 5.63 Å². The summed E-state index contributed by atoms with van der Waals surface area (Å²) in [5.74, 6) is 0.417. The van der Waals surface area contributed by atoms with Crippen LogP contribution in [0.4, 0.5) is 0 Å². The van der Waals surface area contributed by atoms with Crippen LogP contribution in [-0.4, -0.2) is 49.0 Å². The fraction of sp³-hybridized carbons (Fsp3) is 0.273. The molecule has 3 aromatic rings. The summed E-state index contributed by atoms with van der Waals surface area (Å²) < 4.78 is 10.4. The Morgan fingerprint density at radius 2 is 1.79 bits per heavy atom. The molecule has 1 saturated heterocycles. The van der Waals surface area contributed by atoms with Gasteiger partial charge in [-0.2, -0.15) is 0 Å². The van der Waals surface area contributed by atoms with Crippen molar-refractivity contribution in [3.8, 4) is 5.75 Å². The second kappa shape index (κ2) is 8.27. The molecule has 2 heterocycles. The highest BCUT2D eigenvalue weighted by atomic mass is 35.5. The van der Waals surface area contributed by atoms with Crippen LogP contribution in [0.3, 0.4) is 0 Å². The largest absolute Gasteiger partial charge is 0.497 e. The molecule has 0 spiro atoms. The first kappa shape index (κ1) is 19.5. The molecule has 1 aromatic heterocycles.